The first-order valence-electron chi connectivity index (χ1n) is 9.75. The molecule has 8 heteroatoms. The summed E-state index contributed by atoms with van der Waals surface area (Å²) >= 11 is 13.6. The number of aryl methyl sites for hydroxylation is 2. The predicted molar refractivity (Wildman–Crippen MR) is 125 cm³/mol. The van der Waals surface area contributed by atoms with Gasteiger partial charge < -0.3 is 9.40 Å². The van der Waals surface area contributed by atoms with Gasteiger partial charge in [0.05, 0.1) is 21.0 Å². The van der Waals surface area contributed by atoms with Gasteiger partial charge in [0.2, 0.25) is 0 Å². The molecule has 31 heavy (non-hydrogen) atoms. The number of aromatic nitrogens is 2. The Labute approximate surface area is 191 Å². The van der Waals surface area contributed by atoms with E-state index in [2.05, 4.69) is 16.0 Å². The Morgan fingerprint density at radius 3 is 2.84 bits per heavy atom. The molecule has 0 unspecified atom stereocenters. The van der Waals surface area contributed by atoms with Crippen LogP contribution >= 0.6 is 34.5 Å². The molecule has 1 aliphatic carbocycles. The molecule has 0 spiro atoms. The van der Waals surface area contributed by atoms with Gasteiger partial charge in [-0.2, -0.15) is 5.26 Å². The lowest BCUT2D eigenvalue weighted by molar-refractivity contribution is 0.572. The van der Waals surface area contributed by atoms with Crippen molar-refractivity contribution in [1.29, 1.82) is 5.26 Å². The van der Waals surface area contributed by atoms with E-state index >= 15 is 0 Å². The molecule has 0 fully saturated rings. The molecule has 0 saturated carbocycles. The number of thiophene rings is 1. The van der Waals surface area contributed by atoms with Crippen molar-refractivity contribution in [1.82, 2.24) is 9.97 Å². The molecule has 0 aliphatic heterocycles. The maximum Gasteiger partial charge on any atom is 0.260 e. The minimum atomic E-state index is -0.198. The normalized spacial score (nSPS) is 13.9. The second-order valence-corrected chi connectivity index (χ2v) is 9.20. The van der Waals surface area contributed by atoms with E-state index in [1.54, 1.807) is 47.7 Å². The number of furan rings is 1. The molecule has 3 aromatic heterocycles. The van der Waals surface area contributed by atoms with Crippen LogP contribution in [-0.4, -0.2) is 9.97 Å². The smallest absolute Gasteiger partial charge is 0.260 e. The first-order chi connectivity index (χ1) is 15.0. The van der Waals surface area contributed by atoms with E-state index in [1.165, 1.54) is 4.88 Å². The van der Waals surface area contributed by atoms with E-state index in [1.807, 2.05) is 0 Å². The first-order valence-corrected chi connectivity index (χ1v) is 11.3. The maximum absolute atomic E-state index is 12.8. The summed E-state index contributed by atoms with van der Waals surface area (Å²) in [4.78, 5) is 22.1. The lowest BCUT2D eigenvalue weighted by Crippen LogP contribution is -2.12. The maximum atomic E-state index is 12.8. The summed E-state index contributed by atoms with van der Waals surface area (Å²) in [6.07, 6.45) is 5.68. The summed E-state index contributed by atoms with van der Waals surface area (Å²) in [5.74, 6) is 1.29. The number of nitrogens with one attached hydrogen (secondary N) is 1. The molecular formula is C23H15Cl2N3O2S. The van der Waals surface area contributed by atoms with Gasteiger partial charge in [0.15, 0.2) is 5.82 Å². The van der Waals surface area contributed by atoms with Crippen molar-refractivity contribution in [2.24, 2.45) is 0 Å². The Bertz CT molecular complexity index is 1460. The fourth-order valence-electron chi connectivity index (χ4n) is 3.82. The number of hydrogen-bond donors (Lipinski definition) is 1. The van der Waals surface area contributed by atoms with Crippen LogP contribution in [0.25, 0.3) is 33.2 Å². The van der Waals surface area contributed by atoms with E-state index in [-0.39, 0.29) is 17.0 Å². The zero-order valence-electron chi connectivity index (χ0n) is 16.2. The fraction of sp³-hybridized carbons (Fsp3) is 0.174. The molecule has 0 amide bonds. The second-order valence-electron chi connectivity index (χ2n) is 7.31. The van der Waals surface area contributed by atoms with Gasteiger partial charge >= 0.3 is 0 Å². The molecule has 1 aliphatic rings. The molecule has 5 nitrogen and oxygen atoms in total. The number of halogens is 2. The Balaban J connectivity index is 1.53. The summed E-state index contributed by atoms with van der Waals surface area (Å²) in [6, 6.07) is 10.9. The number of H-pyrrole nitrogens is 1. The van der Waals surface area contributed by atoms with Crippen molar-refractivity contribution >= 4 is 56.4 Å². The Hall–Kier alpha value is -2.85. The largest absolute Gasteiger partial charge is 0.457 e. The van der Waals surface area contributed by atoms with E-state index < -0.39 is 0 Å². The number of rotatable bonds is 3. The van der Waals surface area contributed by atoms with Crippen LogP contribution in [-0.2, 0) is 12.8 Å². The molecular weight excluding hydrogens is 453 g/mol. The number of allylic oxidation sites excluding steroid dienone is 1. The lowest BCUT2D eigenvalue weighted by Gasteiger charge is -2.09. The summed E-state index contributed by atoms with van der Waals surface area (Å²) in [7, 11) is 0. The molecule has 1 N–H and O–H groups in total. The van der Waals surface area contributed by atoms with Crippen LogP contribution in [0.5, 0.6) is 0 Å². The molecule has 0 atom stereocenters. The standard InChI is InChI=1S/C23H15Cl2N3O2S/c24-16-7-5-12(10-17(16)25)18-8-6-14(30-18)9-13(11-26)21-27-22(29)20-15-3-1-2-4-19(15)31-23(20)28-21/h5-10H,1-4H2,(H,27,28,29). The Kier molecular flexibility index (Phi) is 5.19. The first kappa shape index (κ1) is 20.1. The molecule has 154 valence electrons. The van der Waals surface area contributed by atoms with Crippen molar-refractivity contribution in [2.45, 2.75) is 25.7 Å². The van der Waals surface area contributed by atoms with Crippen LogP contribution in [0.2, 0.25) is 10.0 Å². The summed E-state index contributed by atoms with van der Waals surface area (Å²) < 4.78 is 5.86. The summed E-state index contributed by atoms with van der Waals surface area (Å²) in [5.41, 5.74) is 1.91. The number of fused-ring (bicyclic) bond motifs is 3. The van der Waals surface area contributed by atoms with Crippen LogP contribution in [0, 0.1) is 11.3 Å². The molecule has 4 aromatic rings. The van der Waals surface area contributed by atoms with Crippen molar-refractivity contribution in [2.75, 3.05) is 0 Å². The number of benzene rings is 1. The number of nitriles is 1. The summed E-state index contributed by atoms with van der Waals surface area (Å²) in [6.45, 7) is 0. The van der Waals surface area contributed by atoms with Crippen molar-refractivity contribution in [3.63, 3.8) is 0 Å². The number of nitrogens with zero attached hydrogens (tertiary/aromatic N) is 2. The molecule has 0 bridgehead atoms. The average Bonchev–Trinajstić information content (AvgIpc) is 3.38. The highest BCUT2D eigenvalue weighted by Crippen LogP contribution is 2.34. The minimum Gasteiger partial charge on any atom is -0.457 e. The van der Waals surface area contributed by atoms with Gasteiger partial charge in [-0.05, 0) is 61.6 Å². The highest BCUT2D eigenvalue weighted by Gasteiger charge is 2.20. The van der Waals surface area contributed by atoms with E-state index in [9.17, 15) is 10.1 Å². The van der Waals surface area contributed by atoms with Crippen molar-refractivity contribution in [3.8, 4) is 17.4 Å². The van der Waals surface area contributed by atoms with E-state index in [0.29, 0.717) is 31.8 Å². The molecule has 0 saturated heterocycles. The third-order valence-corrected chi connectivity index (χ3v) is 7.24. The summed E-state index contributed by atoms with van der Waals surface area (Å²) in [5, 5.41) is 11.3. The van der Waals surface area contributed by atoms with Gasteiger partial charge in [-0.1, -0.05) is 23.2 Å². The molecule has 0 radical (unpaired) electrons. The van der Waals surface area contributed by atoms with Crippen LogP contribution in [0.4, 0.5) is 0 Å². The monoisotopic (exact) mass is 467 g/mol. The minimum absolute atomic E-state index is 0.198. The van der Waals surface area contributed by atoms with Gasteiger partial charge in [0, 0.05) is 16.5 Å². The van der Waals surface area contributed by atoms with E-state index in [0.717, 1.165) is 36.8 Å². The van der Waals surface area contributed by atoms with Gasteiger partial charge in [0.25, 0.3) is 5.56 Å². The number of aromatic amines is 1. The molecule has 3 heterocycles. The number of hydrogen-bond acceptors (Lipinski definition) is 5. The van der Waals surface area contributed by atoms with Crippen LogP contribution < -0.4 is 5.56 Å². The SMILES string of the molecule is N#CC(=Cc1ccc(-c2ccc(Cl)c(Cl)c2)o1)c1nc2sc3c(c2c(=O)[nH]1)CCCC3. The highest BCUT2D eigenvalue weighted by atomic mass is 35.5. The van der Waals surface area contributed by atoms with Crippen LogP contribution in [0.1, 0.15) is 34.9 Å². The zero-order chi connectivity index (χ0) is 21.5. The third kappa shape index (κ3) is 3.70. The lowest BCUT2D eigenvalue weighted by atomic mass is 9.97. The van der Waals surface area contributed by atoms with Crippen LogP contribution in [0.15, 0.2) is 39.5 Å². The fourth-order valence-corrected chi connectivity index (χ4v) is 5.38. The topological polar surface area (TPSA) is 82.7 Å². The molecule has 5 rings (SSSR count). The van der Waals surface area contributed by atoms with Gasteiger partial charge in [0.1, 0.15) is 22.4 Å². The van der Waals surface area contributed by atoms with Crippen molar-refractivity contribution < 1.29 is 4.42 Å². The van der Waals surface area contributed by atoms with Gasteiger partial charge in [-0.25, -0.2) is 4.98 Å². The highest BCUT2D eigenvalue weighted by molar-refractivity contribution is 7.18. The predicted octanol–water partition coefficient (Wildman–Crippen LogP) is 6.49. The Morgan fingerprint density at radius 1 is 1.19 bits per heavy atom. The molecule has 1 aromatic carbocycles. The van der Waals surface area contributed by atoms with Gasteiger partial charge in [-0.3, -0.25) is 4.79 Å². The van der Waals surface area contributed by atoms with Gasteiger partial charge in [-0.15, -0.1) is 11.3 Å². The average molecular weight is 468 g/mol. The zero-order valence-corrected chi connectivity index (χ0v) is 18.5. The van der Waals surface area contributed by atoms with Crippen LogP contribution in [0.3, 0.4) is 0 Å². The van der Waals surface area contributed by atoms with E-state index in [4.69, 9.17) is 27.6 Å². The van der Waals surface area contributed by atoms with Crippen molar-refractivity contribution in [3.05, 3.63) is 72.8 Å². The quantitative estimate of drug-likeness (QED) is 0.348. The second kappa shape index (κ2) is 8.01. The Morgan fingerprint density at radius 2 is 2.03 bits per heavy atom. The third-order valence-electron chi connectivity index (χ3n) is 5.32.